The van der Waals surface area contributed by atoms with Crippen LogP contribution in [0.4, 0.5) is 0 Å². The minimum absolute atomic E-state index is 0.0924. The number of benzene rings is 1. The molecule has 116 valence electrons. The second-order valence-electron chi connectivity index (χ2n) is 5.68. The Balaban J connectivity index is 2.01. The van der Waals surface area contributed by atoms with Gasteiger partial charge in [0.05, 0.1) is 21.0 Å². The number of carbonyl (C=O) groups is 1. The second-order valence-corrected chi connectivity index (χ2v) is 8.82. The normalized spacial score (nSPS) is 16.1. The summed E-state index contributed by atoms with van der Waals surface area (Å²) in [4.78, 5) is 13.7. The zero-order chi connectivity index (χ0) is 15.8. The number of sulfone groups is 1. The minimum atomic E-state index is -3.13. The Labute approximate surface area is 134 Å². The Kier molecular flexibility index (Phi) is 4.85. The molecule has 1 fully saturated rings. The lowest BCUT2D eigenvalue weighted by Crippen LogP contribution is -2.57. The van der Waals surface area contributed by atoms with Crippen molar-refractivity contribution in [2.45, 2.75) is 19.1 Å². The quantitative estimate of drug-likeness (QED) is 0.839. The lowest BCUT2D eigenvalue weighted by Gasteiger charge is -2.39. The average Bonchev–Trinajstić information content (AvgIpc) is 2.28. The fourth-order valence-corrected chi connectivity index (χ4v) is 4.56. The van der Waals surface area contributed by atoms with E-state index in [-0.39, 0.29) is 30.7 Å². The first-order chi connectivity index (χ1) is 9.70. The zero-order valence-corrected chi connectivity index (χ0v) is 14.2. The van der Waals surface area contributed by atoms with E-state index in [0.29, 0.717) is 15.6 Å². The molecule has 21 heavy (non-hydrogen) atoms. The molecule has 0 saturated carbocycles. The van der Waals surface area contributed by atoms with E-state index in [4.69, 9.17) is 23.2 Å². The number of hydrogen-bond donors (Lipinski definition) is 0. The maximum atomic E-state index is 12.2. The van der Waals surface area contributed by atoms with Crippen molar-refractivity contribution in [1.29, 1.82) is 0 Å². The Hall–Kier alpha value is -0.780. The van der Waals surface area contributed by atoms with E-state index < -0.39 is 15.1 Å². The van der Waals surface area contributed by atoms with Gasteiger partial charge in [-0.1, -0.05) is 37.0 Å². The molecule has 0 N–H and O–H groups in total. The molecule has 1 aliphatic heterocycles. The summed E-state index contributed by atoms with van der Waals surface area (Å²) in [5, 5.41) is 0.243. The predicted octanol–water partition coefficient (Wildman–Crippen LogP) is 2.89. The maximum Gasteiger partial charge on any atom is 0.253 e. The first-order valence-electron chi connectivity index (χ1n) is 6.66. The molecule has 1 aromatic carbocycles. The first-order valence-corrected chi connectivity index (χ1v) is 9.13. The van der Waals surface area contributed by atoms with Crippen LogP contribution in [0.1, 0.15) is 24.2 Å². The zero-order valence-electron chi connectivity index (χ0n) is 11.8. The van der Waals surface area contributed by atoms with Crippen LogP contribution >= 0.6 is 23.2 Å². The van der Waals surface area contributed by atoms with Crippen molar-refractivity contribution >= 4 is 38.9 Å². The highest BCUT2D eigenvalue weighted by atomic mass is 35.5. The van der Waals surface area contributed by atoms with Crippen LogP contribution in [0.2, 0.25) is 10.0 Å². The number of likely N-dealkylation sites (tertiary alicyclic amines) is 1. The van der Waals surface area contributed by atoms with Crippen molar-refractivity contribution in [3.05, 3.63) is 33.8 Å². The number of rotatable bonds is 4. The van der Waals surface area contributed by atoms with Gasteiger partial charge in [0.1, 0.15) is 0 Å². The highest BCUT2D eigenvalue weighted by Gasteiger charge is 2.39. The van der Waals surface area contributed by atoms with Crippen molar-refractivity contribution < 1.29 is 13.2 Å². The molecule has 1 heterocycles. The van der Waals surface area contributed by atoms with Gasteiger partial charge >= 0.3 is 0 Å². The van der Waals surface area contributed by atoms with E-state index in [1.807, 2.05) is 13.8 Å². The number of amides is 1. The van der Waals surface area contributed by atoms with Crippen molar-refractivity contribution in [2.24, 2.45) is 5.92 Å². The molecule has 0 atom stereocenters. The van der Waals surface area contributed by atoms with Crippen LogP contribution in [0.15, 0.2) is 18.2 Å². The van der Waals surface area contributed by atoms with Crippen molar-refractivity contribution in [3.63, 3.8) is 0 Å². The molecule has 0 radical (unpaired) electrons. The fourth-order valence-electron chi connectivity index (χ4n) is 2.24. The molecule has 2 rings (SSSR count). The lowest BCUT2D eigenvalue weighted by atomic mass is 10.1. The fraction of sp³-hybridized carbons (Fsp3) is 0.500. The highest BCUT2D eigenvalue weighted by molar-refractivity contribution is 7.92. The summed E-state index contributed by atoms with van der Waals surface area (Å²) < 4.78 is 24.1. The largest absolute Gasteiger partial charge is 0.336 e. The predicted molar refractivity (Wildman–Crippen MR) is 84.8 cm³/mol. The van der Waals surface area contributed by atoms with E-state index in [1.165, 1.54) is 11.0 Å². The van der Waals surface area contributed by atoms with Crippen molar-refractivity contribution in [3.8, 4) is 0 Å². The summed E-state index contributed by atoms with van der Waals surface area (Å²) in [7, 11) is -3.13. The van der Waals surface area contributed by atoms with Gasteiger partial charge in [-0.15, -0.1) is 0 Å². The SMILES string of the molecule is CC(C)CS(=O)(=O)C1CN(C(=O)c2ccc(Cl)c(Cl)c2)C1. The molecular weight excluding hydrogens is 333 g/mol. The van der Waals surface area contributed by atoms with E-state index >= 15 is 0 Å². The Morgan fingerprint density at radius 3 is 2.43 bits per heavy atom. The average molecular weight is 350 g/mol. The van der Waals surface area contributed by atoms with Crippen molar-refractivity contribution in [2.75, 3.05) is 18.8 Å². The summed E-state index contributed by atoms with van der Waals surface area (Å²) >= 11 is 11.7. The smallest absolute Gasteiger partial charge is 0.253 e. The topological polar surface area (TPSA) is 54.5 Å². The number of hydrogen-bond acceptors (Lipinski definition) is 3. The number of nitrogens with zero attached hydrogens (tertiary/aromatic N) is 1. The van der Waals surface area contributed by atoms with Gasteiger partial charge in [0, 0.05) is 18.7 Å². The van der Waals surface area contributed by atoms with E-state index in [1.54, 1.807) is 12.1 Å². The molecule has 0 unspecified atom stereocenters. The molecule has 1 amide bonds. The summed E-state index contributed by atoms with van der Waals surface area (Å²) in [5.74, 6) is 0.0336. The molecule has 7 heteroatoms. The highest BCUT2D eigenvalue weighted by Crippen LogP contribution is 2.26. The van der Waals surface area contributed by atoms with Crippen LogP contribution in [-0.4, -0.2) is 43.3 Å². The summed E-state index contributed by atoms with van der Waals surface area (Å²) in [6.07, 6.45) is 0. The van der Waals surface area contributed by atoms with Crippen LogP contribution in [-0.2, 0) is 9.84 Å². The van der Waals surface area contributed by atoms with Gasteiger partial charge in [0.15, 0.2) is 9.84 Å². The van der Waals surface area contributed by atoms with E-state index in [0.717, 1.165) is 0 Å². The first kappa shape index (κ1) is 16.6. The van der Waals surface area contributed by atoms with Gasteiger partial charge in [-0.2, -0.15) is 0 Å². The van der Waals surface area contributed by atoms with Crippen LogP contribution in [0.25, 0.3) is 0 Å². The van der Waals surface area contributed by atoms with Gasteiger partial charge < -0.3 is 4.90 Å². The molecule has 1 saturated heterocycles. The van der Waals surface area contributed by atoms with E-state index in [2.05, 4.69) is 0 Å². The molecule has 0 spiro atoms. The molecule has 1 aliphatic rings. The van der Waals surface area contributed by atoms with Crippen LogP contribution in [0, 0.1) is 5.92 Å². The van der Waals surface area contributed by atoms with Gasteiger partial charge in [0.25, 0.3) is 5.91 Å². The summed E-state index contributed by atoms with van der Waals surface area (Å²) in [6.45, 7) is 4.23. The molecular formula is C14H17Cl2NO3S. The maximum absolute atomic E-state index is 12.2. The van der Waals surface area contributed by atoms with Crippen LogP contribution < -0.4 is 0 Å². The van der Waals surface area contributed by atoms with Crippen LogP contribution in [0.3, 0.4) is 0 Å². The second kappa shape index (κ2) is 6.15. The molecule has 1 aromatic rings. The van der Waals surface area contributed by atoms with E-state index in [9.17, 15) is 13.2 Å². The van der Waals surface area contributed by atoms with Crippen molar-refractivity contribution in [1.82, 2.24) is 4.90 Å². The Bertz CT molecular complexity index is 652. The summed E-state index contributed by atoms with van der Waals surface area (Å²) in [6, 6.07) is 4.65. The molecule has 0 bridgehead atoms. The third kappa shape index (κ3) is 3.71. The summed E-state index contributed by atoms with van der Waals surface area (Å²) in [5.41, 5.74) is 0.420. The lowest BCUT2D eigenvalue weighted by molar-refractivity contribution is 0.0659. The van der Waals surface area contributed by atoms with Gasteiger partial charge in [-0.25, -0.2) is 8.42 Å². The van der Waals surface area contributed by atoms with Gasteiger partial charge in [-0.05, 0) is 24.1 Å². The molecule has 0 aromatic heterocycles. The standard InChI is InChI=1S/C14H17Cl2NO3S/c1-9(2)8-21(19,20)11-6-17(7-11)14(18)10-3-4-12(15)13(16)5-10/h3-5,9,11H,6-8H2,1-2H3. The van der Waals surface area contributed by atoms with Crippen LogP contribution in [0.5, 0.6) is 0 Å². The monoisotopic (exact) mass is 349 g/mol. The molecule has 4 nitrogen and oxygen atoms in total. The Morgan fingerprint density at radius 2 is 1.90 bits per heavy atom. The van der Waals surface area contributed by atoms with Gasteiger partial charge in [0.2, 0.25) is 0 Å². The molecule has 0 aliphatic carbocycles. The Morgan fingerprint density at radius 1 is 1.29 bits per heavy atom. The minimum Gasteiger partial charge on any atom is -0.336 e. The third-order valence-corrected chi connectivity index (χ3v) is 6.56. The number of carbonyl (C=O) groups excluding carboxylic acids is 1. The number of halogens is 2. The van der Waals surface area contributed by atoms with Gasteiger partial charge in [-0.3, -0.25) is 4.79 Å². The third-order valence-electron chi connectivity index (χ3n) is 3.38.